The number of nitrogens with one attached hydrogen (secondary N) is 1. The number of non-ortho nitro benzene ring substituents is 1. The Morgan fingerprint density at radius 1 is 1.40 bits per heavy atom. The van der Waals surface area contributed by atoms with Crippen molar-refractivity contribution in [3.8, 4) is 0 Å². The molecule has 0 aliphatic heterocycles. The summed E-state index contributed by atoms with van der Waals surface area (Å²) >= 11 is 0. The van der Waals surface area contributed by atoms with E-state index in [1.165, 1.54) is 12.1 Å². The van der Waals surface area contributed by atoms with Crippen LogP contribution in [0.2, 0.25) is 0 Å². The van der Waals surface area contributed by atoms with Crippen LogP contribution >= 0.6 is 0 Å². The number of carbonyl (C=O) groups is 1. The lowest BCUT2D eigenvalue weighted by molar-refractivity contribution is -0.384. The first-order valence-electron chi connectivity index (χ1n) is 6.42. The highest BCUT2D eigenvalue weighted by molar-refractivity contribution is 5.91. The predicted octanol–water partition coefficient (Wildman–Crippen LogP) is 2.97. The number of Topliss-reactive ketones (excluding diaryl/α,β-unsaturated/α-hetero) is 1. The minimum atomic E-state index is -0.748. The van der Waals surface area contributed by atoms with Crippen molar-refractivity contribution in [1.29, 1.82) is 0 Å². The Labute approximate surface area is 116 Å². The maximum atomic E-state index is 12.2. The Hall–Kier alpha value is -2.24. The van der Waals surface area contributed by atoms with Gasteiger partial charge in [-0.3, -0.25) is 14.9 Å². The second kappa shape index (κ2) is 4.70. The van der Waals surface area contributed by atoms with Gasteiger partial charge in [-0.1, -0.05) is 13.8 Å². The molecule has 6 nitrogen and oxygen atoms in total. The van der Waals surface area contributed by atoms with Crippen LogP contribution in [-0.2, 0) is 10.2 Å². The molecule has 6 heteroatoms. The number of rotatable bonds is 4. The van der Waals surface area contributed by atoms with Gasteiger partial charge in [0, 0.05) is 18.1 Å². The number of fused-ring (bicyclic) bond motifs is 1. The average molecular weight is 275 g/mol. The summed E-state index contributed by atoms with van der Waals surface area (Å²) in [5.41, 5.74) is 0.442. The van der Waals surface area contributed by atoms with Gasteiger partial charge in [0.15, 0.2) is 0 Å². The number of aromatic nitrogens is 2. The largest absolute Gasteiger partial charge is 0.341 e. The lowest BCUT2D eigenvalue weighted by Crippen LogP contribution is -2.33. The SMILES string of the molecule is CC(C)C(=O)C(C)(C)c1nc2ccc([N+](=O)[O-])cc2[nH]1. The van der Waals surface area contributed by atoms with Gasteiger partial charge in [-0.25, -0.2) is 4.98 Å². The van der Waals surface area contributed by atoms with E-state index in [2.05, 4.69) is 9.97 Å². The molecule has 0 spiro atoms. The molecule has 0 aliphatic carbocycles. The molecule has 0 aliphatic rings. The molecular formula is C14H17N3O3. The number of ketones is 1. The molecule has 0 atom stereocenters. The molecule has 0 amide bonds. The van der Waals surface area contributed by atoms with Crippen molar-refractivity contribution in [2.75, 3.05) is 0 Å². The third-order valence-corrected chi connectivity index (χ3v) is 3.41. The quantitative estimate of drug-likeness (QED) is 0.686. The van der Waals surface area contributed by atoms with Crippen LogP contribution in [0.5, 0.6) is 0 Å². The van der Waals surface area contributed by atoms with Gasteiger partial charge in [-0.15, -0.1) is 0 Å². The first-order chi connectivity index (χ1) is 9.23. The van der Waals surface area contributed by atoms with Crippen LogP contribution in [0.15, 0.2) is 18.2 Å². The smallest absolute Gasteiger partial charge is 0.271 e. The number of nitrogens with zero attached hydrogens (tertiary/aromatic N) is 2. The molecule has 0 bridgehead atoms. The van der Waals surface area contributed by atoms with Crippen LogP contribution in [-0.4, -0.2) is 20.7 Å². The number of aromatic amines is 1. The first-order valence-corrected chi connectivity index (χ1v) is 6.42. The van der Waals surface area contributed by atoms with Crippen LogP contribution in [0.1, 0.15) is 33.5 Å². The molecule has 0 fully saturated rings. The molecule has 106 valence electrons. The zero-order chi connectivity index (χ0) is 15.1. The van der Waals surface area contributed by atoms with Crippen LogP contribution in [0, 0.1) is 16.0 Å². The molecular weight excluding hydrogens is 258 g/mol. The monoisotopic (exact) mass is 275 g/mol. The van der Waals surface area contributed by atoms with E-state index < -0.39 is 10.3 Å². The van der Waals surface area contributed by atoms with Gasteiger partial charge >= 0.3 is 0 Å². The van der Waals surface area contributed by atoms with Gasteiger partial charge in [0.25, 0.3) is 5.69 Å². The molecule has 0 saturated heterocycles. The van der Waals surface area contributed by atoms with E-state index in [1.807, 2.05) is 27.7 Å². The van der Waals surface area contributed by atoms with Gasteiger partial charge in [0.2, 0.25) is 0 Å². The maximum absolute atomic E-state index is 12.2. The molecule has 1 aromatic heterocycles. The van der Waals surface area contributed by atoms with Crippen LogP contribution in [0.25, 0.3) is 11.0 Å². The van der Waals surface area contributed by atoms with Gasteiger partial charge in [-0.05, 0) is 19.9 Å². The Balaban J connectivity index is 2.51. The lowest BCUT2D eigenvalue weighted by Gasteiger charge is -2.22. The van der Waals surface area contributed by atoms with Crippen molar-refractivity contribution >= 4 is 22.5 Å². The standard InChI is InChI=1S/C14H17N3O3/c1-8(2)12(18)14(3,4)13-15-10-6-5-9(17(19)20)7-11(10)16-13/h5-8H,1-4H3,(H,15,16). The third-order valence-electron chi connectivity index (χ3n) is 3.41. The Kier molecular flexibility index (Phi) is 3.33. The van der Waals surface area contributed by atoms with Gasteiger partial charge in [0.05, 0.1) is 21.4 Å². The third kappa shape index (κ3) is 2.29. The zero-order valence-electron chi connectivity index (χ0n) is 11.9. The number of carbonyl (C=O) groups excluding carboxylic acids is 1. The number of H-pyrrole nitrogens is 1. The summed E-state index contributed by atoms with van der Waals surface area (Å²) in [5, 5.41) is 10.8. The summed E-state index contributed by atoms with van der Waals surface area (Å²) in [6.45, 7) is 7.30. The van der Waals surface area contributed by atoms with E-state index in [0.717, 1.165) is 0 Å². The van der Waals surface area contributed by atoms with Crippen LogP contribution in [0.4, 0.5) is 5.69 Å². The van der Waals surface area contributed by atoms with E-state index in [4.69, 9.17) is 0 Å². The van der Waals surface area contributed by atoms with E-state index in [0.29, 0.717) is 16.9 Å². The van der Waals surface area contributed by atoms with E-state index in [9.17, 15) is 14.9 Å². The van der Waals surface area contributed by atoms with Crippen LogP contribution < -0.4 is 0 Å². The molecule has 0 saturated carbocycles. The number of nitro groups is 1. The first kappa shape index (κ1) is 14.2. The van der Waals surface area contributed by atoms with Crippen molar-refractivity contribution < 1.29 is 9.72 Å². The van der Waals surface area contributed by atoms with E-state index in [1.54, 1.807) is 6.07 Å². The number of hydrogen-bond acceptors (Lipinski definition) is 4. The van der Waals surface area contributed by atoms with Crippen molar-refractivity contribution in [2.24, 2.45) is 5.92 Å². The van der Waals surface area contributed by atoms with E-state index >= 15 is 0 Å². The lowest BCUT2D eigenvalue weighted by atomic mass is 9.82. The second-order valence-electron chi connectivity index (χ2n) is 5.69. The number of imidazole rings is 1. The summed E-state index contributed by atoms with van der Waals surface area (Å²) in [6.07, 6.45) is 0. The minimum Gasteiger partial charge on any atom is -0.341 e. The Morgan fingerprint density at radius 3 is 2.60 bits per heavy atom. The van der Waals surface area contributed by atoms with Gasteiger partial charge in [-0.2, -0.15) is 0 Å². The van der Waals surface area contributed by atoms with Gasteiger partial charge < -0.3 is 4.98 Å². The van der Waals surface area contributed by atoms with Crippen LogP contribution in [0.3, 0.4) is 0 Å². The summed E-state index contributed by atoms with van der Waals surface area (Å²) < 4.78 is 0. The van der Waals surface area contributed by atoms with Crippen molar-refractivity contribution in [2.45, 2.75) is 33.1 Å². The summed E-state index contributed by atoms with van der Waals surface area (Å²) in [4.78, 5) is 30.0. The summed E-state index contributed by atoms with van der Waals surface area (Å²) in [7, 11) is 0. The fraction of sp³-hybridized carbons (Fsp3) is 0.429. The van der Waals surface area contributed by atoms with Gasteiger partial charge in [0.1, 0.15) is 11.6 Å². The molecule has 2 rings (SSSR count). The number of benzene rings is 1. The second-order valence-corrected chi connectivity index (χ2v) is 5.69. The Morgan fingerprint density at radius 2 is 2.05 bits per heavy atom. The van der Waals surface area contributed by atoms with E-state index in [-0.39, 0.29) is 17.4 Å². The predicted molar refractivity (Wildman–Crippen MR) is 75.6 cm³/mol. The summed E-state index contributed by atoms with van der Waals surface area (Å²) in [6, 6.07) is 4.43. The topological polar surface area (TPSA) is 88.9 Å². The molecule has 1 aromatic carbocycles. The Bertz CT molecular complexity index is 686. The average Bonchev–Trinajstić information content (AvgIpc) is 2.80. The highest BCUT2D eigenvalue weighted by atomic mass is 16.6. The molecule has 0 radical (unpaired) electrons. The minimum absolute atomic E-state index is 0.000641. The maximum Gasteiger partial charge on any atom is 0.271 e. The number of hydrogen-bond donors (Lipinski definition) is 1. The number of nitro benzene ring substituents is 1. The van der Waals surface area contributed by atoms with Crippen molar-refractivity contribution in [3.05, 3.63) is 34.1 Å². The fourth-order valence-corrected chi connectivity index (χ4v) is 2.25. The fourth-order valence-electron chi connectivity index (χ4n) is 2.25. The van der Waals surface area contributed by atoms with Crippen molar-refractivity contribution in [3.63, 3.8) is 0 Å². The molecule has 0 unspecified atom stereocenters. The molecule has 1 N–H and O–H groups in total. The molecule has 1 heterocycles. The summed E-state index contributed by atoms with van der Waals surface area (Å²) in [5.74, 6) is 0.505. The highest BCUT2D eigenvalue weighted by Gasteiger charge is 2.34. The zero-order valence-corrected chi connectivity index (χ0v) is 11.9. The normalized spacial score (nSPS) is 12.1. The van der Waals surface area contributed by atoms with Crippen molar-refractivity contribution in [1.82, 2.24) is 9.97 Å². The highest BCUT2D eigenvalue weighted by Crippen LogP contribution is 2.28. The molecule has 2 aromatic rings. The molecule has 20 heavy (non-hydrogen) atoms.